The summed E-state index contributed by atoms with van der Waals surface area (Å²) in [6.45, 7) is 0. The van der Waals surface area contributed by atoms with Crippen molar-refractivity contribution in [3.63, 3.8) is 0 Å². The van der Waals surface area contributed by atoms with E-state index in [1.165, 1.54) is 12.5 Å². The van der Waals surface area contributed by atoms with Crippen LogP contribution in [0, 0.1) is 0 Å². The zero-order valence-corrected chi connectivity index (χ0v) is 9.65. The Hall–Kier alpha value is -1.85. The van der Waals surface area contributed by atoms with Crippen LogP contribution >= 0.6 is 0 Å². The number of aliphatic hydroxyl groups is 2. The van der Waals surface area contributed by atoms with Crippen molar-refractivity contribution in [2.75, 3.05) is 0 Å². The van der Waals surface area contributed by atoms with Crippen molar-refractivity contribution < 1.29 is 23.8 Å². The lowest BCUT2D eigenvalue weighted by Gasteiger charge is -2.09. The van der Waals surface area contributed by atoms with Crippen LogP contribution in [0.15, 0.2) is 45.6 Å². The van der Waals surface area contributed by atoms with Crippen LogP contribution in [-0.2, 0) is 4.79 Å². The second-order valence-electron chi connectivity index (χ2n) is 4.01. The van der Waals surface area contributed by atoms with Crippen LogP contribution in [0.25, 0.3) is 0 Å². The monoisotopic (exact) mass is 250 g/mol. The van der Waals surface area contributed by atoms with Crippen molar-refractivity contribution in [1.82, 2.24) is 0 Å². The highest BCUT2D eigenvalue weighted by Crippen LogP contribution is 2.22. The summed E-state index contributed by atoms with van der Waals surface area (Å²) >= 11 is 0. The van der Waals surface area contributed by atoms with Gasteiger partial charge in [-0.15, -0.1) is 0 Å². The largest absolute Gasteiger partial charge is 0.467 e. The van der Waals surface area contributed by atoms with Crippen molar-refractivity contribution >= 4 is 5.78 Å². The molecule has 0 aliphatic rings. The normalized spacial score (nSPS) is 14.3. The van der Waals surface area contributed by atoms with Crippen LogP contribution in [0.4, 0.5) is 0 Å². The molecule has 2 aromatic heterocycles. The number of hydrogen-bond donors (Lipinski definition) is 2. The van der Waals surface area contributed by atoms with Gasteiger partial charge in [0.2, 0.25) is 0 Å². The summed E-state index contributed by atoms with van der Waals surface area (Å²) in [5.74, 6) is 0.425. The topological polar surface area (TPSA) is 83.8 Å². The van der Waals surface area contributed by atoms with Crippen LogP contribution in [0.5, 0.6) is 0 Å². The van der Waals surface area contributed by atoms with Crippen LogP contribution in [-0.4, -0.2) is 16.0 Å². The van der Waals surface area contributed by atoms with Gasteiger partial charge in [-0.1, -0.05) is 0 Å². The summed E-state index contributed by atoms with van der Waals surface area (Å²) in [5.41, 5.74) is 0. The minimum absolute atomic E-state index is 0.0920. The quantitative estimate of drug-likeness (QED) is 0.819. The minimum atomic E-state index is -0.976. The van der Waals surface area contributed by atoms with Crippen LogP contribution in [0.3, 0.4) is 0 Å². The molecule has 0 aliphatic carbocycles. The van der Waals surface area contributed by atoms with E-state index in [1.807, 2.05) is 0 Å². The SMILES string of the molecule is O=C(CC(O)c1ccco1)CC(O)c1ccco1. The van der Waals surface area contributed by atoms with Crippen LogP contribution in [0.1, 0.15) is 36.6 Å². The molecule has 0 radical (unpaired) electrons. The highest BCUT2D eigenvalue weighted by Gasteiger charge is 2.20. The summed E-state index contributed by atoms with van der Waals surface area (Å²) in [7, 11) is 0. The van der Waals surface area contributed by atoms with Gasteiger partial charge in [-0.2, -0.15) is 0 Å². The first kappa shape index (κ1) is 12.6. The molecule has 96 valence electrons. The van der Waals surface area contributed by atoms with E-state index in [2.05, 4.69) is 0 Å². The average molecular weight is 250 g/mol. The van der Waals surface area contributed by atoms with Crippen molar-refractivity contribution in [3.05, 3.63) is 48.3 Å². The number of hydrogen-bond acceptors (Lipinski definition) is 5. The van der Waals surface area contributed by atoms with Gasteiger partial charge in [-0.25, -0.2) is 0 Å². The van der Waals surface area contributed by atoms with E-state index in [9.17, 15) is 15.0 Å². The molecular weight excluding hydrogens is 236 g/mol. The Labute approximate surface area is 104 Å². The molecule has 0 fully saturated rings. The fraction of sp³-hybridized carbons (Fsp3) is 0.308. The summed E-state index contributed by atoms with van der Waals surface area (Å²) in [5, 5.41) is 19.4. The molecule has 0 spiro atoms. The van der Waals surface area contributed by atoms with E-state index < -0.39 is 12.2 Å². The van der Waals surface area contributed by atoms with Crippen LogP contribution < -0.4 is 0 Å². The summed E-state index contributed by atoms with van der Waals surface area (Å²) in [4.78, 5) is 11.7. The predicted molar refractivity (Wildman–Crippen MR) is 61.6 cm³/mol. The average Bonchev–Trinajstić information content (AvgIpc) is 3.02. The Kier molecular flexibility index (Phi) is 3.96. The summed E-state index contributed by atoms with van der Waals surface area (Å²) < 4.78 is 9.98. The molecule has 2 unspecified atom stereocenters. The highest BCUT2D eigenvalue weighted by molar-refractivity contribution is 5.79. The molecule has 0 bridgehead atoms. The molecule has 2 atom stereocenters. The Morgan fingerprint density at radius 1 is 1.00 bits per heavy atom. The molecule has 0 amide bonds. The first-order chi connectivity index (χ1) is 8.66. The molecule has 2 rings (SSSR count). The number of ketones is 1. The molecule has 18 heavy (non-hydrogen) atoms. The van der Waals surface area contributed by atoms with Crippen molar-refractivity contribution in [1.29, 1.82) is 0 Å². The molecule has 0 aromatic carbocycles. The summed E-state index contributed by atoms with van der Waals surface area (Å²) in [6, 6.07) is 6.48. The van der Waals surface area contributed by atoms with Gasteiger partial charge in [0.25, 0.3) is 0 Å². The van der Waals surface area contributed by atoms with E-state index in [1.54, 1.807) is 24.3 Å². The minimum Gasteiger partial charge on any atom is -0.467 e. The molecule has 0 saturated heterocycles. The van der Waals surface area contributed by atoms with Gasteiger partial charge in [0.15, 0.2) is 0 Å². The van der Waals surface area contributed by atoms with Gasteiger partial charge in [0, 0.05) is 12.8 Å². The molecule has 0 saturated carbocycles. The van der Waals surface area contributed by atoms with E-state index in [0.717, 1.165) is 0 Å². The maximum absolute atomic E-state index is 11.7. The van der Waals surface area contributed by atoms with Gasteiger partial charge in [-0.3, -0.25) is 4.79 Å². The maximum atomic E-state index is 11.7. The number of carbonyl (C=O) groups is 1. The first-order valence-electron chi connectivity index (χ1n) is 5.61. The standard InChI is InChI=1S/C13H14O5/c14-9(7-10(15)12-3-1-5-17-12)8-11(16)13-4-2-6-18-13/h1-6,10-11,15-16H,7-8H2. The third kappa shape index (κ3) is 3.09. The number of carbonyl (C=O) groups excluding carboxylic acids is 1. The third-order valence-electron chi connectivity index (χ3n) is 2.59. The number of aliphatic hydroxyl groups excluding tert-OH is 2. The third-order valence-corrected chi connectivity index (χ3v) is 2.59. The van der Waals surface area contributed by atoms with Crippen molar-refractivity contribution in [3.8, 4) is 0 Å². The zero-order valence-electron chi connectivity index (χ0n) is 9.65. The highest BCUT2D eigenvalue weighted by atomic mass is 16.4. The van der Waals surface area contributed by atoms with Crippen molar-refractivity contribution in [2.45, 2.75) is 25.0 Å². The summed E-state index contributed by atoms with van der Waals surface area (Å²) in [6.07, 6.45) is 0.727. The Bertz CT molecular complexity index is 427. The fourth-order valence-corrected chi connectivity index (χ4v) is 1.68. The number of Topliss-reactive ketones (excluding diaryl/α,β-unsaturated/α-hetero) is 1. The Balaban J connectivity index is 1.85. The molecule has 2 N–H and O–H groups in total. The first-order valence-corrected chi connectivity index (χ1v) is 5.61. The molecule has 2 heterocycles. The van der Waals surface area contributed by atoms with Gasteiger partial charge < -0.3 is 19.0 Å². The smallest absolute Gasteiger partial charge is 0.139 e. The maximum Gasteiger partial charge on any atom is 0.139 e. The van der Waals surface area contributed by atoms with Crippen molar-refractivity contribution in [2.24, 2.45) is 0 Å². The lowest BCUT2D eigenvalue weighted by Crippen LogP contribution is -2.10. The Morgan fingerprint density at radius 3 is 1.78 bits per heavy atom. The molecule has 5 heteroatoms. The lowest BCUT2D eigenvalue weighted by molar-refractivity contribution is -0.123. The predicted octanol–water partition coefficient (Wildman–Crippen LogP) is 1.99. The molecule has 0 aliphatic heterocycles. The van der Waals surface area contributed by atoms with Gasteiger partial charge in [0.1, 0.15) is 29.5 Å². The number of rotatable bonds is 6. The van der Waals surface area contributed by atoms with Gasteiger partial charge in [-0.05, 0) is 24.3 Å². The van der Waals surface area contributed by atoms with E-state index in [-0.39, 0.29) is 18.6 Å². The molecule has 2 aromatic rings. The number of furan rings is 2. The van der Waals surface area contributed by atoms with E-state index in [4.69, 9.17) is 8.83 Å². The second-order valence-corrected chi connectivity index (χ2v) is 4.01. The fourth-order valence-electron chi connectivity index (χ4n) is 1.68. The molecule has 5 nitrogen and oxygen atoms in total. The Morgan fingerprint density at radius 2 is 1.44 bits per heavy atom. The van der Waals surface area contributed by atoms with Crippen LogP contribution in [0.2, 0.25) is 0 Å². The molecular formula is C13H14O5. The van der Waals surface area contributed by atoms with E-state index in [0.29, 0.717) is 11.5 Å². The lowest BCUT2D eigenvalue weighted by atomic mass is 10.0. The van der Waals surface area contributed by atoms with Gasteiger partial charge in [0.05, 0.1) is 12.5 Å². The van der Waals surface area contributed by atoms with E-state index >= 15 is 0 Å². The van der Waals surface area contributed by atoms with Gasteiger partial charge >= 0.3 is 0 Å². The zero-order chi connectivity index (χ0) is 13.0. The second kappa shape index (κ2) is 5.66.